The molecule has 7 nitrogen and oxygen atoms in total. The van der Waals surface area contributed by atoms with Crippen LogP contribution in [-0.2, 0) is 22.6 Å². The lowest BCUT2D eigenvalue weighted by atomic mass is 10.0. The minimum absolute atomic E-state index is 0.0736. The molecule has 9 heteroatoms. The number of carbonyl (C=O) groups is 2. The van der Waals surface area contributed by atoms with E-state index in [9.17, 15) is 9.59 Å². The van der Waals surface area contributed by atoms with Gasteiger partial charge in [0, 0.05) is 19.2 Å². The number of anilines is 1. The van der Waals surface area contributed by atoms with Gasteiger partial charge in [0.1, 0.15) is 11.9 Å². The van der Waals surface area contributed by atoms with Crippen molar-refractivity contribution in [1.29, 1.82) is 0 Å². The standard InChI is InChI=1S/C22H29Cl2N5O2/c1-13(2)20(29(3)4)22(31)28-18(10-14-5-7-16(23)17(24)9-14)21(30)27-12-15-6-8-19(25)26-11-15/h5-9,11,13,18,20H,10,12H2,1-4H3,(H2,25,26)(H,27,30)(H,28,31)/t18-,20+/m0/s1. The molecule has 0 fully saturated rings. The summed E-state index contributed by atoms with van der Waals surface area (Å²) in [5, 5.41) is 6.59. The molecule has 0 aliphatic rings. The summed E-state index contributed by atoms with van der Waals surface area (Å²) in [6.45, 7) is 4.19. The van der Waals surface area contributed by atoms with E-state index in [0.717, 1.165) is 11.1 Å². The number of nitrogens with two attached hydrogens (primary N) is 1. The first-order valence-electron chi connectivity index (χ1n) is 9.97. The van der Waals surface area contributed by atoms with Gasteiger partial charge in [-0.05, 0) is 49.3 Å². The number of rotatable bonds is 9. The molecule has 2 rings (SSSR count). The van der Waals surface area contributed by atoms with Gasteiger partial charge in [0.05, 0.1) is 16.1 Å². The maximum absolute atomic E-state index is 13.0. The van der Waals surface area contributed by atoms with Crippen molar-refractivity contribution in [3.05, 3.63) is 57.7 Å². The third kappa shape index (κ3) is 7.38. The van der Waals surface area contributed by atoms with E-state index >= 15 is 0 Å². The van der Waals surface area contributed by atoms with Crippen molar-refractivity contribution in [2.24, 2.45) is 5.92 Å². The summed E-state index contributed by atoms with van der Waals surface area (Å²) in [6.07, 6.45) is 1.87. The summed E-state index contributed by atoms with van der Waals surface area (Å²) in [6, 6.07) is 7.46. The molecule has 0 saturated carbocycles. The second-order valence-corrected chi connectivity index (χ2v) is 8.79. The van der Waals surface area contributed by atoms with E-state index in [1.807, 2.05) is 32.8 Å². The number of likely N-dealkylation sites (N-methyl/N-ethyl adjacent to an activating group) is 1. The number of aromatic nitrogens is 1. The van der Waals surface area contributed by atoms with Crippen LogP contribution in [0.25, 0.3) is 0 Å². The molecule has 2 atom stereocenters. The van der Waals surface area contributed by atoms with Crippen molar-refractivity contribution in [3.8, 4) is 0 Å². The number of pyridine rings is 1. The molecule has 2 aromatic rings. The van der Waals surface area contributed by atoms with Crippen molar-refractivity contribution in [2.45, 2.75) is 38.9 Å². The van der Waals surface area contributed by atoms with Gasteiger partial charge in [0.25, 0.3) is 0 Å². The maximum atomic E-state index is 13.0. The number of nitrogens with one attached hydrogen (secondary N) is 2. The summed E-state index contributed by atoms with van der Waals surface area (Å²) in [5.41, 5.74) is 7.19. The molecule has 2 amide bonds. The van der Waals surface area contributed by atoms with E-state index < -0.39 is 6.04 Å². The monoisotopic (exact) mass is 465 g/mol. The molecule has 1 heterocycles. The van der Waals surface area contributed by atoms with Crippen molar-refractivity contribution >= 4 is 40.8 Å². The molecular weight excluding hydrogens is 437 g/mol. The van der Waals surface area contributed by atoms with Crippen molar-refractivity contribution < 1.29 is 9.59 Å². The minimum atomic E-state index is -0.785. The molecule has 0 aliphatic carbocycles. The lowest BCUT2D eigenvalue weighted by Gasteiger charge is -2.29. The van der Waals surface area contributed by atoms with Crippen LogP contribution in [0.3, 0.4) is 0 Å². The highest BCUT2D eigenvalue weighted by atomic mass is 35.5. The van der Waals surface area contributed by atoms with Crippen LogP contribution in [0.5, 0.6) is 0 Å². The summed E-state index contributed by atoms with van der Waals surface area (Å²) < 4.78 is 0. The topological polar surface area (TPSA) is 100 Å². The van der Waals surface area contributed by atoms with Crippen LogP contribution in [-0.4, -0.2) is 47.9 Å². The normalized spacial score (nSPS) is 13.2. The summed E-state index contributed by atoms with van der Waals surface area (Å²) >= 11 is 12.1. The van der Waals surface area contributed by atoms with Crippen LogP contribution >= 0.6 is 23.2 Å². The zero-order valence-electron chi connectivity index (χ0n) is 18.2. The van der Waals surface area contributed by atoms with E-state index in [4.69, 9.17) is 28.9 Å². The fraction of sp³-hybridized carbons (Fsp3) is 0.409. The molecule has 0 radical (unpaired) electrons. The van der Waals surface area contributed by atoms with E-state index in [1.165, 1.54) is 0 Å². The average molecular weight is 466 g/mol. The first kappa shape index (κ1) is 24.9. The smallest absolute Gasteiger partial charge is 0.243 e. The highest BCUT2D eigenvalue weighted by Gasteiger charge is 2.29. The molecule has 168 valence electrons. The largest absolute Gasteiger partial charge is 0.384 e. The Morgan fingerprint density at radius 2 is 1.74 bits per heavy atom. The fourth-order valence-electron chi connectivity index (χ4n) is 3.36. The van der Waals surface area contributed by atoms with Crippen LogP contribution in [0.4, 0.5) is 5.82 Å². The number of nitrogen functional groups attached to an aromatic ring is 1. The van der Waals surface area contributed by atoms with E-state index in [0.29, 0.717) is 15.9 Å². The number of carbonyl (C=O) groups excluding carboxylic acids is 2. The highest BCUT2D eigenvalue weighted by molar-refractivity contribution is 6.42. The lowest BCUT2D eigenvalue weighted by Crippen LogP contribution is -2.54. The third-order valence-electron chi connectivity index (χ3n) is 4.83. The van der Waals surface area contributed by atoms with Crippen LogP contribution in [0.1, 0.15) is 25.0 Å². The molecule has 0 bridgehead atoms. The Balaban J connectivity index is 2.18. The number of hydrogen-bond donors (Lipinski definition) is 3. The Hall–Kier alpha value is -2.35. The van der Waals surface area contributed by atoms with Crippen molar-refractivity contribution in [3.63, 3.8) is 0 Å². The molecular formula is C22H29Cl2N5O2. The zero-order chi connectivity index (χ0) is 23.1. The van der Waals surface area contributed by atoms with E-state index in [2.05, 4.69) is 15.6 Å². The Morgan fingerprint density at radius 3 is 2.29 bits per heavy atom. The van der Waals surface area contributed by atoms with Crippen LogP contribution in [0, 0.1) is 5.92 Å². The number of benzene rings is 1. The van der Waals surface area contributed by atoms with E-state index in [-0.39, 0.29) is 36.7 Å². The number of hydrogen-bond acceptors (Lipinski definition) is 5. The molecule has 0 unspecified atom stereocenters. The minimum Gasteiger partial charge on any atom is -0.384 e. The summed E-state index contributed by atoms with van der Waals surface area (Å²) in [7, 11) is 3.68. The van der Waals surface area contributed by atoms with Gasteiger partial charge < -0.3 is 16.4 Å². The van der Waals surface area contributed by atoms with E-state index in [1.54, 1.807) is 36.5 Å². The maximum Gasteiger partial charge on any atom is 0.243 e. The Labute approximate surface area is 193 Å². The molecule has 0 spiro atoms. The number of halogens is 2. The second kappa shape index (κ2) is 11.3. The first-order chi connectivity index (χ1) is 14.6. The molecule has 0 saturated heterocycles. The van der Waals surface area contributed by atoms with Crippen molar-refractivity contribution in [2.75, 3.05) is 19.8 Å². The predicted octanol–water partition coefficient (Wildman–Crippen LogP) is 2.90. The molecule has 4 N–H and O–H groups in total. The quantitative estimate of drug-likeness (QED) is 0.528. The van der Waals surface area contributed by atoms with Crippen LogP contribution in [0.15, 0.2) is 36.5 Å². The lowest BCUT2D eigenvalue weighted by molar-refractivity contribution is -0.132. The van der Waals surface area contributed by atoms with Crippen LogP contribution < -0.4 is 16.4 Å². The summed E-state index contributed by atoms with van der Waals surface area (Å²) in [5.74, 6) is -0.0420. The zero-order valence-corrected chi connectivity index (χ0v) is 19.7. The average Bonchev–Trinajstić information content (AvgIpc) is 2.69. The fourth-order valence-corrected chi connectivity index (χ4v) is 3.68. The van der Waals surface area contributed by atoms with Gasteiger partial charge in [-0.1, -0.05) is 49.2 Å². The Morgan fingerprint density at radius 1 is 1.06 bits per heavy atom. The summed E-state index contributed by atoms with van der Waals surface area (Å²) in [4.78, 5) is 31.8. The number of amides is 2. The van der Waals surface area contributed by atoms with Crippen molar-refractivity contribution in [1.82, 2.24) is 20.5 Å². The Kier molecular flexibility index (Phi) is 9.10. The van der Waals surface area contributed by atoms with Gasteiger partial charge in [0.15, 0.2) is 0 Å². The van der Waals surface area contributed by atoms with Gasteiger partial charge in [-0.2, -0.15) is 0 Å². The van der Waals surface area contributed by atoms with Gasteiger partial charge in [0.2, 0.25) is 11.8 Å². The molecule has 1 aromatic heterocycles. The van der Waals surface area contributed by atoms with Gasteiger partial charge in [-0.3, -0.25) is 14.5 Å². The predicted molar refractivity (Wildman–Crippen MR) is 125 cm³/mol. The highest BCUT2D eigenvalue weighted by Crippen LogP contribution is 2.23. The third-order valence-corrected chi connectivity index (χ3v) is 5.57. The second-order valence-electron chi connectivity index (χ2n) is 7.98. The molecule has 1 aromatic carbocycles. The Bertz CT molecular complexity index is 895. The van der Waals surface area contributed by atoms with Gasteiger partial charge in [-0.25, -0.2) is 4.98 Å². The van der Waals surface area contributed by atoms with Gasteiger partial charge in [-0.15, -0.1) is 0 Å². The van der Waals surface area contributed by atoms with Crippen LogP contribution in [0.2, 0.25) is 10.0 Å². The SMILES string of the molecule is CC(C)[C@H](C(=O)N[C@@H](Cc1ccc(Cl)c(Cl)c1)C(=O)NCc1ccc(N)nc1)N(C)C. The first-order valence-corrected chi connectivity index (χ1v) is 10.7. The molecule has 0 aliphatic heterocycles. The van der Waals surface area contributed by atoms with Gasteiger partial charge >= 0.3 is 0 Å². The molecule has 31 heavy (non-hydrogen) atoms. The number of nitrogens with zero attached hydrogens (tertiary/aromatic N) is 2.